The highest BCUT2D eigenvalue weighted by Crippen LogP contribution is 2.05. The molecule has 0 bridgehead atoms. The van der Waals surface area contributed by atoms with Crippen molar-refractivity contribution in [3.05, 3.63) is 35.9 Å². The lowest BCUT2D eigenvalue weighted by Crippen LogP contribution is -2.57. The van der Waals surface area contributed by atoms with E-state index in [9.17, 15) is 19.5 Å². The molecular formula is C16H23N3O6. The zero-order chi connectivity index (χ0) is 19.0. The quantitative estimate of drug-likeness (QED) is 0.299. The van der Waals surface area contributed by atoms with Gasteiger partial charge >= 0.3 is 5.97 Å². The van der Waals surface area contributed by atoms with Crippen molar-refractivity contribution in [3.8, 4) is 0 Å². The number of nitrogens with one attached hydrogen (secondary N) is 2. The van der Waals surface area contributed by atoms with E-state index in [0.717, 1.165) is 5.56 Å². The largest absolute Gasteiger partial charge is 0.480 e. The first-order valence-corrected chi connectivity index (χ1v) is 7.68. The molecule has 138 valence electrons. The lowest BCUT2D eigenvalue weighted by Gasteiger charge is -2.23. The van der Waals surface area contributed by atoms with Gasteiger partial charge in [0.1, 0.15) is 18.1 Å². The smallest absolute Gasteiger partial charge is 0.328 e. The topological polar surface area (TPSA) is 162 Å². The average molecular weight is 353 g/mol. The molecule has 0 saturated carbocycles. The molecule has 0 fully saturated rings. The Hall–Kier alpha value is -2.49. The number of aliphatic carboxylic acids is 1. The van der Waals surface area contributed by atoms with E-state index in [2.05, 4.69) is 10.6 Å². The number of aliphatic hydroxyl groups excluding tert-OH is 2. The van der Waals surface area contributed by atoms with Crippen LogP contribution in [-0.4, -0.2) is 63.9 Å². The van der Waals surface area contributed by atoms with Gasteiger partial charge in [0.15, 0.2) is 0 Å². The number of nitrogens with two attached hydrogens (primary N) is 1. The van der Waals surface area contributed by atoms with Crippen molar-refractivity contribution in [2.24, 2.45) is 5.73 Å². The zero-order valence-electron chi connectivity index (χ0n) is 13.8. The van der Waals surface area contributed by atoms with E-state index in [4.69, 9.17) is 15.9 Å². The summed E-state index contributed by atoms with van der Waals surface area (Å²) in [6, 6.07) is 4.92. The Morgan fingerprint density at radius 3 is 2.12 bits per heavy atom. The van der Waals surface area contributed by atoms with Crippen LogP contribution >= 0.6 is 0 Å². The molecule has 0 heterocycles. The van der Waals surface area contributed by atoms with E-state index in [0.29, 0.717) is 0 Å². The first kappa shape index (κ1) is 20.6. The van der Waals surface area contributed by atoms with E-state index >= 15 is 0 Å². The van der Waals surface area contributed by atoms with Crippen LogP contribution in [0.4, 0.5) is 0 Å². The Kier molecular flexibility index (Phi) is 7.99. The Morgan fingerprint density at radius 1 is 1.08 bits per heavy atom. The first-order valence-electron chi connectivity index (χ1n) is 7.68. The molecule has 0 unspecified atom stereocenters. The number of hydrogen-bond acceptors (Lipinski definition) is 6. The molecule has 1 rings (SSSR count). The van der Waals surface area contributed by atoms with E-state index < -0.39 is 48.6 Å². The van der Waals surface area contributed by atoms with Crippen LogP contribution in [0, 0.1) is 0 Å². The van der Waals surface area contributed by atoms with Crippen LogP contribution in [0.3, 0.4) is 0 Å². The number of hydrogen-bond donors (Lipinski definition) is 6. The van der Waals surface area contributed by atoms with Crippen LogP contribution in [0.15, 0.2) is 30.3 Å². The Bertz CT molecular complexity index is 593. The lowest BCUT2D eigenvalue weighted by molar-refractivity contribution is -0.143. The maximum atomic E-state index is 12.3. The van der Waals surface area contributed by atoms with Crippen molar-refractivity contribution < 1.29 is 29.7 Å². The third-order valence-corrected chi connectivity index (χ3v) is 3.54. The van der Waals surface area contributed by atoms with Gasteiger partial charge in [-0.1, -0.05) is 30.3 Å². The number of rotatable bonds is 9. The van der Waals surface area contributed by atoms with E-state index in [1.165, 1.54) is 6.92 Å². The minimum absolute atomic E-state index is 0.0860. The second kappa shape index (κ2) is 9.72. The summed E-state index contributed by atoms with van der Waals surface area (Å²) < 4.78 is 0. The second-order valence-corrected chi connectivity index (χ2v) is 5.60. The minimum atomic E-state index is -1.49. The molecule has 25 heavy (non-hydrogen) atoms. The third-order valence-electron chi connectivity index (χ3n) is 3.54. The SMILES string of the molecule is C[C@@H](O)[C@H](N)C(=O)N[C@@H](Cc1ccccc1)C(=O)N[C@@H](CO)C(=O)O. The van der Waals surface area contributed by atoms with Gasteiger partial charge in [-0.15, -0.1) is 0 Å². The molecule has 0 aliphatic carbocycles. The molecule has 1 aromatic carbocycles. The number of benzene rings is 1. The number of aliphatic hydroxyl groups is 2. The monoisotopic (exact) mass is 353 g/mol. The fourth-order valence-electron chi connectivity index (χ4n) is 2.00. The fourth-order valence-corrected chi connectivity index (χ4v) is 2.00. The summed E-state index contributed by atoms with van der Waals surface area (Å²) in [6.07, 6.45) is -1.03. The van der Waals surface area contributed by atoms with Crippen LogP contribution in [0.5, 0.6) is 0 Å². The van der Waals surface area contributed by atoms with E-state index in [-0.39, 0.29) is 6.42 Å². The first-order chi connectivity index (χ1) is 11.8. The molecule has 7 N–H and O–H groups in total. The minimum Gasteiger partial charge on any atom is -0.480 e. The van der Waals surface area contributed by atoms with Crippen LogP contribution in [0.25, 0.3) is 0 Å². The van der Waals surface area contributed by atoms with Crippen LogP contribution < -0.4 is 16.4 Å². The van der Waals surface area contributed by atoms with Gasteiger partial charge in [0.2, 0.25) is 11.8 Å². The van der Waals surface area contributed by atoms with Crippen molar-refractivity contribution in [1.82, 2.24) is 10.6 Å². The predicted molar refractivity (Wildman–Crippen MR) is 88.4 cm³/mol. The molecule has 0 saturated heterocycles. The summed E-state index contributed by atoms with van der Waals surface area (Å²) in [5.74, 6) is -2.93. The molecule has 2 amide bonds. The van der Waals surface area contributed by atoms with Crippen LogP contribution in [-0.2, 0) is 20.8 Å². The van der Waals surface area contributed by atoms with Crippen molar-refractivity contribution in [2.75, 3.05) is 6.61 Å². The van der Waals surface area contributed by atoms with E-state index in [1.807, 2.05) is 0 Å². The molecule has 0 aliphatic rings. The molecule has 9 heteroatoms. The maximum Gasteiger partial charge on any atom is 0.328 e. The standard InChI is InChI=1S/C16H23N3O6/c1-9(21)13(17)15(23)18-11(7-10-5-3-2-4-6-10)14(22)19-12(8-20)16(24)25/h2-6,9,11-13,20-21H,7-8,17H2,1H3,(H,18,23)(H,19,22)(H,24,25)/t9-,11+,12+,13+/m1/s1. The second-order valence-electron chi connectivity index (χ2n) is 5.60. The molecular weight excluding hydrogens is 330 g/mol. The maximum absolute atomic E-state index is 12.3. The van der Waals surface area contributed by atoms with Gasteiger partial charge in [-0.3, -0.25) is 9.59 Å². The van der Waals surface area contributed by atoms with Gasteiger partial charge in [-0.2, -0.15) is 0 Å². The highest BCUT2D eigenvalue weighted by atomic mass is 16.4. The fraction of sp³-hybridized carbons (Fsp3) is 0.438. The van der Waals surface area contributed by atoms with E-state index in [1.54, 1.807) is 30.3 Å². The van der Waals surface area contributed by atoms with Gasteiger partial charge in [0.25, 0.3) is 0 Å². The summed E-state index contributed by atoms with van der Waals surface area (Å²) in [4.78, 5) is 35.3. The third kappa shape index (κ3) is 6.49. The van der Waals surface area contributed by atoms with Gasteiger partial charge in [0, 0.05) is 6.42 Å². The van der Waals surface area contributed by atoms with Crippen LogP contribution in [0.1, 0.15) is 12.5 Å². The molecule has 4 atom stereocenters. The van der Waals surface area contributed by atoms with Gasteiger partial charge in [-0.25, -0.2) is 4.79 Å². The number of carbonyl (C=O) groups excluding carboxylic acids is 2. The Labute approximate surface area is 144 Å². The molecule has 9 nitrogen and oxygen atoms in total. The average Bonchev–Trinajstić information content (AvgIpc) is 2.58. The van der Waals surface area contributed by atoms with Crippen molar-refractivity contribution in [2.45, 2.75) is 37.6 Å². The number of carboxylic acid groups (broad SMARTS) is 1. The summed E-state index contributed by atoms with van der Waals surface area (Å²) in [5, 5.41) is 31.9. The summed E-state index contributed by atoms with van der Waals surface area (Å²) in [7, 11) is 0. The summed E-state index contributed by atoms with van der Waals surface area (Å²) in [6.45, 7) is 0.545. The molecule has 1 aromatic rings. The molecule has 0 radical (unpaired) electrons. The van der Waals surface area contributed by atoms with Gasteiger partial charge < -0.3 is 31.7 Å². The normalized spacial score (nSPS) is 15.5. The summed E-state index contributed by atoms with van der Waals surface area (Å²) >= 11 is 0. The number of carbonyl (C=O) groups is 3. The molecule has 0 spiro atoms. The lowest BCUT2D eigenvalue weighted by atomic mass is 10.0. The van der Waals surface area contributed by atoms with Crippen molar-refractivity contribution >= 4 is 17.8 Å². The Morgan fingerprint density at radius 2 is 1.64 bits per heavy atom. The highest BCUT2D eigenvalue weighted by molar-refractivity contribution is 5.92. The highest BCUT2D eigenvalue weighted by Gasteiger charge is 2.28. The van der Waals surface area contributed by atoms with Gasteiger partial charge in [0.05, 0.1) is 12.7 Å². The van der Waals surface area contributed by atoms with Gasteiger partial charge in [-0.05, 0) is 12.5 Å². The van der Waals surface area contributed by atoms with Crippen LogP contribution in [0.2, 0.25) is 0 Å². The predicted octanol–water partition coefficient (Wildman–Crippen LogP) is -2.02. The summed E-state index contributed by atoms with van der Waals surface area (Å²) in [5.41, 5.74) is 6.28. The molecule has 0 aromatic heterocycles. The molecule has 0 aliphatic heterocycles. The number of amides is 2. The van der Waals surface area contributed by atoms with Crippen molar-refractivity contribution in [1.29, 1.82) is 0 Å². The zero-order valence-corrected chi connectivity index (χ0v) is 13.8. The number of carboxylic acids is 1. The van der Waals surface area contributed by atoms with Crippen molar-refractivity contribution in [3.63, 3.8) is 0 Å². The Balaban J connectivity index is 2.91.